The van der Waals surface area contributed by atoms with Gasteiger partial charge in [-0.2, -0.15) is 0 Å². The molecule has 0 aliphatic carbocycles. The van der Waals surface area contributed by atoms with E-state index in [1.807, 2.05) is 6.92 Å². The average Bonchev–Trinajstić information content (AvgIpc) is 3.49. The van der Waals surface area contributed by atoms with E-state index < -0.39 is 6.10 Å². The number of aliphatic hydroxyl groups excluding tert-OH is 1. The first-order chi connectivity index (χ1) is 16.2. The van der Waals surface area contributed by atoms with E-state index in [-0.39, 0.29) is 0 Å². The summed E-state index contributed by atoms with van der Waals surface area (Å²) in [5, 5.41) is 10.6. The molecule has 8 bridgehead atoms. The topological polar surface area (TPSA) is 77.6 Å². The predicted molar refractivity (Wildman–Crippen MR) is 141 cm³/mol. The molecule has 5 heteroatoms. The van der Waals surface area contributed by atoms with Gasteiger partial charge in [-0.1, -0.05) is 13.8 Å². The zero-order chi connectivity index (χ0) is 24.3. The van der Waals surface area contributed by atoms with Crippen molar-refractivity contribution < 1.29 is 5.11 Å². The number of hydrogen-bond acceptors (Lipinski definition) is 3. The molecule has 0 amide bonds. The lowest BCUT2D eigenvalue weighted by atomic mass is 10.0. The molecule has 3 N–H and O–H groups in total. The molecule has 3 aromatic heterocycles. The van der Waals surface area contributed by atoms with E-state index in [1.54, 1.807) is 0 Å². The van der Waals surface area contributed by atoms with Gasteiger partial charge in [0.15, 0.2) is 0 Å². The third-order valence-corrected chi connectivity index (χ3v) is 7.54. The summed E-state index contributed by atoms with van der Waals surface area (Å²) in [6.45, 7) is 14.8. The van der Waals surface area contributed by atoms with Crippen LogP contribution in [0.2, 0.25) is 0 Å². The van der Waals surface area contributed by atoms with Crippen LogP contribution < -0.4 is 0 Å². The normalized spacial score (nSPS) is 16.9. The highest BCUT2D eigenvalue weighted by molar-refractivity contribution is 5.92. The van der Waals surface area contributed by atoms with Crippen LogP contribution in [-0.4, -0.2) is 25.0 Å². The van der Waals surface area contributed by atoms with Gasteiger partial charge in [-0.3, -0.25) is 4.98 Å². The number of aliphatic hydroxyl groups is 1. The van der Waals surface area contributed by atoms with Crippen LogP contribution in [-0.2, 0) is 6.42 Å². The zero-order valence-electron chi connectivity index (χ0n) is 21.2. The van der Waals surface area contributed by atoms with Gasteiger partial charge < -0.3 is 15.1 Å². The van der Waals surface area contributed by atoms with Crippen LogP contribution in [0.15, 0.2) is 24.3 Å². The van der Waals surface area contributed by atoms with Gasteiger partial charge in [0.05, 0.1) is 17.5 Å². The Balaban J connectivity index is 1.97. The number of aryl methyl sites for hydroxylation is 3. The smallest absolute Gasteiger partial charge is 0.0785 e. The first kappa shape index (κ1) is 22.6. The monoisotopic (exact) mass is 454 g/mol. The molecule has 0 saturated heterocycles. The second-order valence-corrected chi connectivity index (χ2v) is 9.93. The molecule has 0 spiro atoms. The summed E-state index contributed by atoms with van der Waals surface area (Å²) in [5.74, 6) is 0.334. The van der Waals surface area contributed by atoms with E-state index in [2.05, 4.69) is 75.8 Å². The van der Waals surface area contributed by atoms with Crippen LogP contribution >= 0.6 is 0 Å². The SMILES string of the molecule is CCC1=C(C)c2cc3[nH]c(cc4nc(c(C)c5cc(C)c(cc1n2)[nH]5)CC4C)c(C)c3C(C)O. The molecule has 5 nitrogen and oxygen atoms in total. The standard InChI is InChI=1S/C29H34N4O/c1-8-20-16(4)25-13-28-29(19(7)34)18(6)26(33-28)11-21-14(2)9-23(30-21)17(5)24-10-15(3)22(31-24)12-27(20)32-25/h10-14,19,31,33-34H,8-9H2,1-7H3. The summed E-state index contributed by atoms with van der Waals surface area (Å²) in [6, 6.07) is 8.64. The molecule has 0 aromatic carbocycles. The Morgan fingerprint density at radius 1 is 0.912 bits per heavy atom. The number of nitrogens with one attached hydrogen (secondary N) is 2. The van der Waals surface area contributed by atoms with Gasteiger partial charge in [0, 0.05) is 44.9 Å². The molecule has 2 aliphatic heterocycles. The molecule has 176 valence electrons. The Hall–Kier alpha value is -3.18. The largest absolute Gasteiger partial charge is 0.389 e. The Bertz CT molecular complexity index is 1500. The lowest BCUT2D eigenvalue weighted by Gasteiger charge is -2.04. The maximum absolute atomic E-state index is 10.6. The minimum Gasteiger partial charge on any atom is -0.389 e. The van der Waals surface area contributed by atoms with E-state index in [0.29, 0.717) is 5.92 Å². The summed E-state index contributed by atoms with van der Waals surface area (Å²) in [5.41, 5.74) is 15.1. The number of aromatic nitrogens is 4. The van der Waals surface area contributed by atoms with Crippen molar-refractivity contribution in [1.82, 2.24) is 19.9 Å². The van der Waals surface area contributed by atoms with Crippen LogP contribution in [0.5, 0.6) is 0 Å². The van der Waals surface area contributed by atoms with Crippen molar-refractivity contribution in [3.05, 3.63) is 69.3 Å². The quantitative estimate of drug-likeness (QED) is 0.391. The molecular formula is C29H34N4O. The van der Waals surface area contributed by atoms with E-state index in [1.165, 1.54) is 22.3 Å². The van der Waals surface area contributed by atoms with Gasteiger partial charge in [0.25, 0.3) is 0 Å². The lowest BCUT2D eigenvalue weighted by Crippen LogP contribution is -1.92. The molecular weight excluding hydrogens is 420 g/mol. The molecule has 5 heterocycles. The van der Waals surface area contributed by atoms with E-state index >= 15 is 0 Å². The fourth-order valence-corrected chi connectivity index (χ4v) is 5.40. The summed E-state index contributed by atoms with van der Waals surface area (Å²) >= 11 is 0. The van der Waals surface area contributed by atoms with Gasteiger partial charge in [0.1, 0.15) is 0 Å². The maximum atomic E-state index is 10.6. The highest BCUT2D eigenvalue weighted by atomic mass is 16.3. The number of hydrogen-bond donors (Lipinski definition) is 3. The highest BCUT2D eigenvalue weighted by Gasteiger charge is 2.21. The van der Waals surface area contributed by atoms with Crippen molar-refractivity contribution in [3.8, 4) is 0 Å². The molecule has 0 fully saturated rings. The fraction of sp³-hybridized carbons (Fsp3) is 0.379. The Kier molecular flexibility index (Phi) is 5.48. The van der Waals surface area contributed by atoms with E-state index in [9.17, 15) is 5.11 Å². The minimum absolute atomic E-state index is 0.334. The van der Waals surface area contributed by atoms with Crippen LogP contribution in [0, 0.1) is 20.8 Å². The minimum atomic E-state index is -0.584. The molecule has 2 atom stereocenters. The molecule has 3 aromatic rings. The third kappa shape index (κ3) is 3.59. The summed E-state index contributed by atoms with van der Waals surface area (Å²) in [6.07, 6.45) is 1.25. The number of allylic oxidation sites excluding steroid dienone is 2. The Labute approximate surface area is 201 Å². The molecule has 0 saturated carbocycles. The van der Waals surface area contributed by atoms with Crippen molar-refractivity contribution >= 4 is 33.2 Å². The third-order valence-electron chi connectivity index (χ3n) is 7.54. The molecule has 2 unspecified atom stereocenters. The summed E-state index contributed by atoms with van der Waals surface area (Å²) < 4.78 is 0. The van der Waals surface area contributed by atoms with Gasteiger partial charge in [-0.15, -0.1) is 0 Å². The Morgan fingerprint density at radius 3 is 2.29 bits per heavy atom. The number of nitrogens with zero attached hydrogens (tertiary/aromatic N) is 2. The van der Waals surface area contributed by atoms with Crippen LogP contribution in [0.1, 0.15) is 91.2 Å². The van der Waals surface area contributed by atoms with Crippen molar-refractivity contribution in [3.63, 3.8) is 0 Å². The number of fused-ring (bicyclic) bond motifs is 8. The number of rotatable bonds is 2. The van der Waals surface area contributed by atoms with Crippen LogP contribution in [0.25, 0.3) is 33.2 Å². The van der Waals surface area contributed by atoms with Gasteiger partial charge in [0.2, 0.25) is 0 Å². The second-order valence-electron chi connectivity index (χ2n) is 9.93. The number of aromatic amines is 2. The second kappa shape index (κ2) is 8.24. The van der Waals surface area contributed by atoms with Crippen molar-refractivity contribution in [2.75, 3.05) is 0 Å². The highest BCUT2D eigenvalue weighted by Crippen LogP contribution is 2.35. The summed E-state index contributed by atoms with van der Waals surface area (Å²) in [7, 11) is 0. The van der Waals surface area contributed by atoms with Gasteiger partial charge >= 0.3 is 0 Å². The predicted octanol–water partition coefficient (Wildman–Crippen LogP) is 6.98. The lowest BCUT2D eigenvalue weighted by molar-refractivity contribution is 0.200. The number of H-pyrrole nitrogens is 2. The van der Waals surface area contributed by atoms with Crippen molar-refractivity contribution in [1.29, 1.82) is 0 Å². The zero-order valence-corrected chi connectivity index (χ0v) is 21.2. The molecule has 5 rings (SSSR count). The fourth-order valence-electron chi connectivity index (χ4n) is 5.40. The van der Waals surface area contributed by atoms with Crippen molar-refractivity contribution in [2.24, 2.45) is 0 Å². The van der Waals surface area contributed by atoms with Gasteiger partial charge in [-0.05, 0) is 99.6 Å². The van der Waals surface area contributed by atoms with Crippen LogP contribution in [0.3, 0.4) is 0 Å². The van der Waals surface area contributed by atoms with Crippen molar-refractivity contribution in [2.45, 2.75) is 73.3 Å². The molecule has 0 radical (unpaired) electrons. The van der Waals surface area contributed by atoms with Crippen LogP contribution in [0.4, 0.5) is 0 Å². The first-order valence-electron chi connectivity index (χ1n) is 12.3. The molecule has 2 aliphatic rings. The first-order valence-corrected chi connectivity index (χ1v) is 12.3. The summed E-state index contributed by atoms with van der Waals surface area (Å²) in [4.78, 5) is 17.3. The molecule has 34 heavy (non-hydrogen) atoms. The van der Waals surface area contributed by atoms with E-state index in [0.717, 1.165) is 68.8 Å². The van der Waals surface area contributed by atoms with E-state index in [4.69, 9.17) is 9.97 Å². The maximum Gasteiger partial charge on any atom is 0.0785 e. The average molecular weight is 455 g/mol. The Morgan fingerprint density at radius 2 is 1.59 bits per heavy atom. The van der Waals surface area contributed by atoms with Gasteiger partial charge in [-0.25, -0.2) is 4.98 Å².